The van der Waals surface area contributed by atoms with Gasteiger partial charge in [0.05, 0.1) is 5.88 Å². The number of aryl methyl sites for hydroxylation is 1. The standard InChI is InChI=1S/C15H17NS/c1-13-8-10-14(11-9-13)16(2)12-17-15-6-4-3-5-7-15/h3-11H,12H2,1-2H3. The first kappa shape index (κ1) is 12.1. The highest BCUT2D eigenvalue weighted by Gasteiger charge is 2.00. The van der Waals surface area contributed by atoms with Crippen LogP contribution in [-0.2, 0) is 0 Å². The minimum atomic E-state index is 0.965. The van der Waals surface area contributed by atoms with Crippen molar-refractivity contribution in [3.63, 3.8) is 0 Å². The minimum absolute atomic E-state index is 0.965. The van der Waals surface area contributed by atoms with E-state index in [2.05, 4.69) is 67.4 Å². The molecule has 0 amide bonds. The molecule has 0 saturated heterocycles. The highest BCUT2D eigenvalue weighted by molar-refractivity contribution is 7.99. The number of rotatable bonds is 4. The van der Waals surface area contributed by atoms with Crippen LogP contribution in [0.5, 0.6) is 0 Å². The molecule has 1 nitrogen and oxygen atoms in total. The largest absolute Gasteiger partial charge is 0.365 e. The van der Waals surface area contributed by atoms with Crippen molar-refractivity contribution in [2.24, 2.45) is 0 Å². The van der Waals surface area contributed by atoms with Crippen molar-refractivity contribution < 1.29 is 0 Å². The molecule has 0 saturated carbocycles. The molecule has 0 atom stereocenters. The molecule has 0 radical (unpaired) electrons. The summed E-state index contributed by atoms with van der Waals surface area (Å²) in [6, 6.07) is 19.1. The summed E-state index contributed by atoms with van der Waals surface area (Å²) in [7, 11) is 2.13. The van der Waals surface area contributed by atoms with Crippen LogP contribution in [0.1, 0.15) is 5.56 Å². The molecule has 0 unspecified atom stereocenters. The molecule has 0 heterocycles. The normalized spacial score (nSPS) is 10.2. The lowest BCUT2D eigenvalue weighted by Crippen LogP contribution is -2.15. The zero-order valence-electron chi connectivity index (χ0n) is 10.3. The van der Waals surface area contributed by atoms with Crippen molar-refractivity contribution in [2.75, 3.05) is 17.8 Å². The van der Waals surface area contributed by atoms with Gasteiger partial charge < -0.3 is 4.90 Å². The number of anilines is 1. The van der Waals surface area contributed by atoms with Gasteiger partial charge in [0.2, 0.25) is 0 Å². The van der Waals surface area contributed by atoms with Crippen molar-refractivity contribution in [1.82, 2.24) is 0 Å². The number of hydrogen-bond acceptors (Lipinski definition) is 2. The molecule has 88 valence electrons. The average Bonchev–Trinajstić information content (AvgIpc) is 2.38. The molecule has 0 aromatic heterocycles. The number of benzene rings is 2. The highest BCUT2D eigenvalue weighted by atomic mass is 32.2. The Bertz CT molecular complexity index is 450. The van der Waals surface area contributed by atoms with Gasteiger partial charge in [-0.15, -0.1) is 11.8 Å². The van der Waals surface area contributed by atoms with E-state index in [0.29, 0.717) is 0 Å². The molecule has 0 aliphatic heterocycles. The fourth-order valence-electron chi connectivity index (χ4n) is 1.56. The lowest BCUT2D eigenvalue weighted by atomic mass is 10.2. The molecule has 2 aromatic carbocycles. The van der Waals surface area contributed by atoms with E-state index >= 15 is 0 Å². The molecule has 0 N–H and O–H groups in total. The quantitative estimate of drug-likeness (QED) is 0.585. The summed E-state index contributed by atoms with van der Waals surface area (Å²) in [6.07, 6.45) is 0. The van der Waals surface area contributed by atoms with Gasteiger partial charge in [-0.3, -0.25) is 0 Å². The molecule has 2 heteroatoms. The van der Waals surface area contributed by atoms with Gasteiger partial charge in [-0.05, 0) is 31.2 Å². The van der Waals surface area contributed by atoms with Crippen LogP contribution in [0.3, 0.4) is 0 Å². The van der Waals surface area contributed by atoms with Crippen LogP contribution >= 0.6 is 11.8 Å². The van der Waals surface area contributed by atoms with E-state index in [4.69, 9.17) is 0 Å². The number of thioether (sulfide) groups is 1. The van der Waals surface area contributed by atoms with Crippen molar-refractivity contribution in [2.45, 2.75) is 11.8 Å². The third kappa shape index (κ3) is 3.53. The topological polar surface area (TPSA) is 3.24 Å². The molecule has 2 rings (SSSR count). The molecule has 0 spiro atoms. The summed E-state index contributed by atoms with van der Waals surface area (Å²) in [5, 5.41) is 0. The monoisotopic (exact) mass is 243 g/mol. The first-order chi connectivity index (χ1) is 8.25. The fourth-order valence-corrected chi connectivity index (χ4v) is 2.40. The first-order valence-electron chi connectivity index (χ1n) is 5.71. The molecule has 0 aliphatic carbocycles. The van der Waals surface area contributed by atoms with E-state index < -0.39 is 0 Å². The summed E-state index contributed by atoms with van der Waals surface area (Å²) >= 11 is 1.85. The van der Waals surface area contributed by atoms with Crippen molar-refractivity contribution in [1.29, 1.82) is 0 Å². The number of hydrogen-bond donors (Lipinski definition) is 0. The predicted octanol–water partition coefficient (Wildman–Crippen LogP) is 4.18. The average molecular weight is 243 g/mol. The van der Waals surface area contributed by atoms with Crippen molar-refractivity contribution >= 4 is 17.4 Å². The second-order valence-corrected chi connectivity index (χ2v) is 5.14. The lowest BCUT2D eigenvalue weighted by Gasteiger charge is -2.18. The van der Waals surface area contributed by atoms with Gasteiger partial charge >= 0.3 is 0 Å². The Hall–Kier alpha value is -1.41. The van der Waals surface area contributed by atoms with E-state index in [9.17, 15) is 0 Å². The van der Waals surface area contributed by atoms with Crippen molar-refractivity contribution in [3.05, 3.63) is 60.2 Å². The Kier molecular flexibility index (Phi) is 4.10. The van der Waals surface area contributed by atoms with Gasteiger partial charge in [-0.1, -0.05) is 35.9 Å². The maximum Gasteiger partial charge on any atom is 0.0682 e. The van der Waals surface area contributed by atoms with Crippen LogP contribution in [0.4, 0.5) is 5.69 Å². The molecular formula is C15H17NS. The summed E-state index contributed by atoms with van der Waals surface area (Å²) in [5.74, 6) is 0.965. The van der Waals surface area contributed by atoms with Crippen LogP contribution in [0.15, 0.2) is 59.5 Å². The Morgan fingerprint density at radius 1 is 0.941 bits per heavy atom. The van der Waals surface area contributed by atoms with E-state index in [0.717, 1.165) is 5.88 Å². The van der Waals surface area contributed by atoms with E-state index in [1.54, 1.807) is 0 Å². The zero-order valence-corrected chi connectivity index (χ0v) is 11.1. The van der Waals surface area contributed by atoms with Gasteiger partial charge in [0, 0.05) is 17.6 Å². The third-order valence-corrected chi connectivity index (χ3v) is 3.76. The highest BCUT2D eigenvalue weighted by Crippen LogP contribution is 2.21. The smallest absolute Gasteiger partial charge is 0.0682 e. The number of nitrogens with zero attached hydrogens (tertiary/aromatic N) is 1. The predicted molar refractivity (Wildman–Crippen MR) is 76.7 cm³/mol. The Morgan fingerprint density at radius 2 is 1.59 bits per heavy atom. The molecular weight excluding hydrogens is 226 g/mol. The maximum atomic E-state index is 2.26. The van der Waals surface area contributed by atoms with Gasteiger partial charge in [0.1, 0.15) is 0 Å². The second kappa shape index (κ2) is 5.78. The summed E-state index contributed by atoms with van der Waals surface area (Å²) < 4.78 is 0. The maximum absolute atomic E-state index is 2.26. The summed E-state index contributed by atoms with van der Waals surface area (Å²) in [6.45, 7) is 2.11. The van der Waals surface area contributed by atoms with Crippen LogP contribution in [0.2, 0.25) is 0 Å². The molecule has 17 heavy (non-hydrogen) atoms. The summed E-state index contributed by atoms with van der Waals surface area (Å²) in [5.41, 5.74) is 2.57. The van der Waals surface area contributed by atoms with Gasteiger partial charge in [0.25, 0.3) is 0 Å². The molecule has 0 fully saturated rings. The lowest BCUT2D eigenvalue weighted by molar-refractivity contribution is 1.09. The van der Waals surface area contributed by atoms with E-state index in [-0.39, 0.29) is 0 Å². The second-order valence-electron chi connectivity index (χ2n) is 4.12. The first-order valence-corrected chi connectivity index (χ1v) is 6.70. The molecule has 2 aromatic rings. The van der Waals surface area contributed by atoms with Crippen LogP contribution in [0, 0.1) is 6.92 Å². The Balaban J connectivity index is 1.93. The zero-order chi connectivity index (χ0) is 12.1. The Morgan fingerprint density at radius 3 is 2.24 bits per heavy atom. The van der Waals surface area contributed by atoms with E-state index in [1.165, 1.54) is 16.1 Å². The third-order valence-electron chi connectivity index (χ3n) is 2.64. The van der Waals surface area contributed by atoms with Gasteiger partial charge in [-0.25, -0.2) is 0 Å². The van der Waals surface area contributed by atoms with Crippen LogP contribution < -0.4 is 4.90 Å². The minimum Gasteiger partial charge on any atom is -0.365 e. The SMILES string of the molecule is Cc1ccc(N(C)CSc2ccccc2)cc1. The molecule has 0 aliphatic rings. The molecule has 0 bridgehead atoms. The Labute approximate surface area is 107 Å². The van der Waals surface area contributed by atoms with Gasteiger partial charge in [0.15, 0.2) is 0 Å². The summed E-state index contributed by atoms with van der Waals surface area (Å²) in [4.78, 5) is 3.57. The van der Waals surface area contributed by atoms with Crippen LogP contribution in [-0.4, -0.2) is 12.9 Å². The fraction of sp³-hybridized carbons (Fsp3) is 0.200. The van der Waals surface area contributed by atoms with E-state index in [1.807, 2.05) is 17.8 Å². The van der Waals surface area contributed by atoms with Crippen molar-refractivity contribution in [3.8, 4) is 0 Å². The van der Waals surface area contributed by atoms with Gasteiger partial charge in [-0.2, -0.15) is 0 Å². The van der Waals surface area contributed by atoms with Crippen LogP contribution in [0.25, 0.3) is 0 Å².